The van der Waals surface area contributed by atoms with Crippen molar-refractivity contribution in [3.63, 3.8) is 0 Å². The molecule has 1 heterocycles. The van der Waals surface area contributed by atoms with Crippen molar-refractivity contribution in [1.82, 2.24) is 25.1 Å². The number of hydrogen-bond donors (Lipinski definition) is 2. The van der Waals surface area contributed by atoms with Gasteiger partial charge in [-0.05, 0) is 25.2 Å². The molecule has 0 aliphatic rings. The van der Waals surface area contributed by atoms with Crippen LogP contribution >= 0.6 is 0 Å². The largest absolute Gasteiger partial charge is 0.353 e. The molecule has 2 aromatic rings. The monoisotopic (exact) mass is 359 g/mol. The molecule has 0 radical (unpaired) electrons. The van der Waals surface area contributed by atoms with Crippen LogP contribution in [-0.2, 0) is 16.1 Å². The molecule has 8 heteroatoms. The van der Waals surface area contributed by atoms with Crippen LogP contribution in [0.1, 0.15) is 13.8 Å². The Morgan fingerprint density at radius 2 is 1.85 bits per heavy atom. The molecule has 8 nitrogen and oxygen atoms in total. The smallest absolute Gasteiger partial charge is 0.261 e. The van der Waals surface area contributed by atoms with Gasteiger partial charge in [0.25, 0.3) is 5.56 Å². The molecule has 2 amide bonds. The fourth-order valence-electron chi connectivity index (χ4n) is 2.56. The lowest BCUT2D eigenvalue weighted by Crippen LogP contribution is -2.42. The first-order valence-electron chi connectivity index (χ1n) is 8.75. The van der Waals surface area contributed by atoms with Crippen LogP contribution < -0.4 is 16.2 Å². The predicted molar refractivity (Wildman–Crippen MR) is 99.8 cm³/mol. The van der Waals surface area contributed by atoms with E-state index in [1.807, 2.05) is 0 Å². The van der Waals surface area contributed by atoms with Crippen LogP contribution in [0.25, 0.3) is 10.9 Å². The Hall–Kier alpha value is -2.74. The standard InChI is InChI=1S/C18H25N5O3/c1-3-22(4-2)10-9-19-16(24)11-20-17(25)12-23-13-21-15-8-6-5-7-14(15)18(23)26/h5-8,13H,3-4,9-12H2,1-2H3,(H,19,24)(H,20,25). The SMILES string of the molecule is CCN(CC)CCNC(=O)CNC(=O)Cn1cnc2ccccc2c1=O. The Morgan fingerprint density at radius 3 is 2.58 bits per heavy atom. The molecular formula is C18H25N5O3. The summed E-state index contributed by atoms with van der Waals surface area (Å²) in [7, 11) is 0. The lowest BCUT2D eigenvalue weighted by atomic mass is 10.2. The van der Waals surface area contributed by atoms with Crippen molar-refractivity contribution < 1.29 is 9.59 Å². The fourth-order valence-corrected chi connectivity index (χ4v) is 2.56. The maximum absolute atomic E-state index is 12.3. The molecule has 0 aliphatic carbocycles. The molecule has 2 rings (SSSR count). The van der Waals surface area contributed by atoms with Crippen molar-refractivity contribution >= 4 is 22.7 Å². The Morgan fingerprint density at radius 1 is 1.12 bits per heavy atom. The topological polar surface area (TPSA) is 96.3 Å². The molecule has 2 N–H and O–H groups in total. The first-order valence-corrected chi connectivity index (χ1v) is 8.75. The molecule has 1 aromatic heterocycles. The average molecular weight is 359 g/mol. The third-order valence-corrected chi connectivity index (χ3v) is 4.14. The number of carbonyl (C=O) groups excluding carboxylic acids is 2. The van der Waals surface area contributed by atoms with E-state index in [1.54, 1.807) is 24.3 Å². The summed E-state index contributed by atoms with van der Waals surface area (Å²) in [5.41, 5.74) is 0.302. The van der Waals surface area contributed by atoms with Crippen LogP contribution in [0.2, 0.25) is 0 Å². The molecule has 0 unspecified atom stereocenters. The number of likely N-dealkylation sites (N-methyl/N-ethyl adjacent to an activating group) is 1. The minimum atomic E-state index is -0.414. The number of rotatable bonds is 9. The Kier molecular flexibility index (Phi) is 7.28. The van der Waals surface area contributed by atoms with Gasteiger partial charge < -0.3 is 15.5 Å². The number of aromatic nitrogens is 2. The molecule has 0 saturated carbocycles. The number of nitrogens with zero attached hydrogens (tertiary/aromatic N) is 3. The number of carbonyl (C=O) groups is 2. The summed E-state index contributed by atoms with van der Waals surface area (Å²) < 4.78 is 1.23. The predicted octanol–water partition coefficient (Wildman–Crippen LogP) is -0.0293. The third kappa shape index (κ3) is 5.38. The van der Waals surface area contributed by atoms with Crippen molar-refractivity contribution in [2.24, 2.45) is 0 Å². The second-order valence-corrected chi connectivity index (χ2v) is 5.85. The molecule has 0 spiro atoms. The van der Waals surface area contributed by atoms with Crippen LogP contribution in [0.4, 0.5) is 0 Å². The first kappa shape index (κ1) is 19.6. The van der Waals surface area contributed by atoms with Crippen LogP contribution in [0.3, 0.4) is 0 Å². The van der Waals surface area contributed by atoms with Gasteiger partial charge in [0.1, 0.15) is 6.54 Å². The summed E-state index contributed by atoms with van der Waals surface area (Å²) in [5.74, 6) is -0.669. The second kappa shape index (κ2) is 9.67. The number of para-hydroxylation sites is 1. The maximum atomic E-state index is 12.3. The maximum Gasteiger partial charge on any atom is 0.261 e. The minimum absolute atomic E-state index is 0.118. The van der Waals surface area contributed by atoms with Gasteiger partial charge in [0, 0.05) is 13.1 Å². The number of fused-ring (bicyclic) bond motifs is 1. The molecule has 140 valence electrons. The van der Waals surface area contributed by atoms with E-state index >= 15 is 0 Å². The highest BCUT2D eigenvalue weighted by Gasteiger charge is 2.09. The van der Waals surface area contributed by atoms with E-state index in [0.717, 1.165) is 19.6 Å². The summed E-state index contributed by atoms with van der Waals surface area (Å²) in [6, 6.07) is 6.95. The highest BCUT2D eigenvalue weighted by molar-refractivity contribution is 5.84. The van der Waals surface area contributed by atoms with Gasteiger partial charge in [0.05, 0.1) is 23.8 Å². The third-order valence-electron chi connectivity index (χ3n) is 4.14. The van der Waals surface area contributed by atoms with E-state index in [1.165, 1.54) is 10.9 Å². The lowest BCUT2D eigenvalue weighted by Gasteiger charge is -2.18. The van der Waals surface area contributed by atoms with Crippen molar-refractivity contribution in [3.05, 3.63) is 40.9 Å². The lowest BCUT2D eigenvalue weighted by molar-refractivity contribution is -0.126. The quantitative estimate of drug-likeness (QED) is 0.655. The average Bonchev–Trinajstić information content (AvgIpc) is 2.66. The highest BCUT2D eigenvalue weighted by atomic mass is 16.2. The molecule has 0 bridgehead atoms. The van der Waals surface area contributed by atoms with Crippen molar-refractivity contribution in [2.45, 2.75) is 20.4 Å². The van der Waals surface area contributed by atoms with Gasteiger partial charge in [-0.15, -0.1) is 0 Å². The fraction of sp³-hybridized carbons (Fsp3) is 0.444. The van der Waals surface area contributed by atoms with E-state index in [-0.39, 0.29) is 24.6 Å². The highest BCUT2D eigenvalue weighted by Crippen LogP contribution is 2.04. The Bertz CT molecular complexity index is 814. The van der Waals surface area contributed by atoms with Gasteiger partial charge in [0.15, 0.2) is 0 Å². The number of nitrogens with one attached hydrogen (secondary N) is 2. The van der Waals surface area contributed by atoms with Crippen LogP contribution in [0.5, 0.6) is 0 Å². The van der Waals surface area contributed by atoms with E-state index < -0.39 is 5.91 Å². The molecule has 0 atom stereocenters. The van der Waals surface area contributed by atoms with Gasteiger partial charge >= 0.3 is 0 Å². The van der Waals surface area contributed by atoms with Gasteiger partial charge in [-0.3, -0.25) is 19.0 Å². The van der Waals surface area contributed by atoms with Crippen molar-refractivity contribution in [3.8, 4) is 0 Å². The number of hydrogen-bond acceptors (Lipinski definition) is 5. The summed E-state index contributed by atoms with van der Waals surface area (Å²) in [4.78, 5) is 42.4. The molecule has 1 aromatic carbocycles. The van der Waals surface area contributed by atoms with E-state index in [4.69, 9.17) is 0 Å². The van der Waals surface area contributed by atoms with Gasteiger partial charge in [-0.25, -0.2) is 4.98 Å². The summed E-state index contributed by atoms with van der Waals surface area (Å²) in [6.45, 7) is 6.99. The Labute approximate surface area is 152 Å². The summed E-state index contributed by atoms with van der Waals surface area (Å²) >= 11 is 0. The molecule has 26 heavy (non-hydrogen) atoms. The second-order valence-electron chi connectivity index (χ2n) is 5.85. The van der Waals surface area contributed by atoms with Gasteiger partial charge in [-0.2, -0.15) is 0 Å². The first-order chi connectivity index (χ1) is 12.5. The van der Waals surface area contributed by atoms with Gasteiger partial charge in [0.2, 0.25) is 11.8 Å². The molecule has 0 fully saturated rings. The van der Waals surface area contributed by atoms with Crippen LogP contribution in [0, 0.1) is 0 Å². The van der Waals surface area contributed by atoms with Crippen LogP contribution in [-0.4, -0.2) is 59.0 Å². The van der Waals surface area contributed by atoms with Crippen molar-refractivity contribution in [2.75, 3.05) is 32.7 Å². The normalized spacial score (nSPS) is 10.9. The van der Waals surface area contributed by atoms with E-state index in [2.05, 4.69) is 34.4 Å². The van der Waals surface area contributed by atoms with E-state index in [9.17, 15) is 14.4 Å². The number of amides is 2. The van der Waals surface area contributed by atoms with Crippen molar-refractivity contribution in [1.29, 1.82) is 0 Å². The zero-order valence-corrected chi connectivity index (χ0v) is 15.2. The molecule has 0 aliphatic heterocycles. The molecule has 0 saturated heterocycles. The summed E-state index contributed by atoms with van der Waals surface area (Å²) in [5, 5.41) is 5.74. The zero-order chi connectivity index (χ0) is 18.9. The van der Waals surface area contributed by atoms with Gasteiger partial charge in [-0.1, -0.05) is 26.0 Å². The molecular weight excluding hydrogens is 334 g/mol. The Balaban J connectivity index is 1.81. The number of benzene rings is 1. The van der Waals surface area contributed by atoms with Crippen LogP contribution in [0.15, 0.2) is 35.4 Å². The zero-order valence-electron chi connectivity index (χ0n) is 15.2. The van der Waals surface area contributed by atoms with E-state index in [0.29, 0.717) is 17.4 Å². The minimum Gasteiger partial charge on any atom is -0.353 e. The summed E-state index contributed by atoms with van der Waals surface area (Å²) in [6.07, 6.45) is 1.34.